The average Bonchev–Trinajstić information content (AvgIpc) is 3.49. The number of piperidine rings is 2. The minimum atomic E-state index is -0.304. The topological polar surface area (TPSA) is 67.8 Å². The fraction of sp³-hybridized carbons (Fsp3) is 0.815. The van der Waals surface area contributed by atoms with Crippen LogP contribution in [0.4, 0.5) is 11.8 Å². The van der Waals surface area contributed by atoms with E-state index in [-0.39, 0.29) is 5.41 Å². The van der Waals surface area contributed by atoms with E-state index < -0.39 is 0 Å². The Bertz CT molecular complexity index is 1020. The number of carbonyl (C=O) groups is 1. The van der Waals surface area contributed by atoms with E-state index >= 15 is 0 Å². The molecule has 6 aliphatic rings. The summed E-state index contributed by atoms with van der Waals surface area (Å²) in [5.74, 6) is 2.44. The van der Waals surface area contributed by atoms with Gasteiger partial charge < -0.3 is 10.2 Å². The van der Waals surface area contributed by atoms with E-state index in [1.165, 1.54) is 51.9 Å². The maximum Gasteiger partial charge on any atom is 0.239 e. The van der Waals surface area contributed by atoms with Crippen LogP contribution in [-0.2, 0) is 10.2 Å². The highest BCUT2D eigenvalue weighted by Crippen LogP contribution is 2.58. The van der Waals surface area contributed by atoms with E-state index in [9.17, 15) is 4.79 Å². The first kappa shape index (κ1) is 23.7. The SMILES string of the molecule is CC1CCCC1N1C(=O)C2(CC2)c2cnc(NC3CCN(SN4CC5(CCCN(C)C5)C4)CC3)nc21. The fourth-order valence-corrected chi connectivity index (χ4v) is 9.09. The monoisotopic (exact) mass is 511 g/mol. The molecule has 2 spiro atoms. The third-order valence-electron chi connectivity index (χ3n) is 9.93. The van der Waals surface area contributed by atoms with Gasteiger partial charge in [0.2, 0.25) is 11.9 Å². The summed E-state index contributed by atoms with van der Waals surface area (Å²) in [5, 5.41) is 3.63. The molecule has 5 fully saturated rings. The van der Waals surface area contributed by atoms with Crippen molar-refractivity contribution in [1.29, 1.82) is 0 Å². The Labute approximate surface area is 219 Å². The van der Waals surface area contributed by atoms with Gasteiger partial charge in [-0.25, -0.2) is 13.6 Å². The molecule has 2 unspecified atom stereocenters. The molecule has 2 atom stereocenters. The van der Waals surface area contributed by atoms with Crippen LogP contribution in [0.25, 0.3) is 0 Å². The lowest BCUT2D eigenvalue weighted by Crippen LogP contribution is -2.60. The molecule has 1 aromatic heterocycles. The summed E-state index contributed by atoms with van der Waals surface area (Å²) in [5.41, 5.74) is 1.33. The fourth-order valence-electron chi connectivity index (χ4n) is 7.73. The number of nitrogens with zero attached hydrogens (tertiary/aromatic N) is 6. The van der Waals surface area contributed by atoms with Crippen LogP contribution < -0.4 is 10.2 Å². The predicted octanol–water partition coefficient (Wildman–Crippen LogP) is 3.51. The van der Waals surface area contributed by atoms with Crippen molar-refractivity contribution in [2.24, 2.45) is 11.3 Å². The van der Waals surface area contributed by atoms with E-state index in [4.69, 9.17) is 9.97 Å². The third-order valence-corrected chi connectivity index (χ3v) is 11.0. The Hall–Kier alpha value is -1.42. The highest BCUT2D eigenvalue weighted by atomic mass is 32.2. The van der Waals surface area contributed by atoms with E-state index in [2.05, 4.69) is 37.7 Å². The van der Waals surface area contributed by atoms with Crippen LogP contribution in [0.5, 0.6) is 0 Å². The van der Waals surface area contributed by atoms with Crippen LogP contribution in [0.2, 0.25) is 0 Å². The number of amides is 1. The number of rotatable bonds is 5. The molecule has 3 saturated heterocycles. The van der Waals surface area contributed by atoms with Crippen LogP contribution >= 0.6 is 12.1 Å². The van der Waals surface area contributed by atoms with Gasteiger partial charge in [0, 0.05) is 74.1 Å². The van der Waals surface area contributed by atoms with Gasteiger partial charge in [0.1, 0.15) is 5.82 Å². The number of hydrogen-bond donors (Lipinski definition) is 1. The number of anilines is 2. The zero-order chi connectivity index (χ0) is 24.5. The molecule has 196 valence electrons. The van der Waals surface area contributed by atoms with Gasteiger partial charge in [-0.1, -0.05) is 13.3 Å². The highest BCUT2D eigenvalue weighted by molar-refractivity contribution is 7.94. The summed E-state index contributed by atoms with van der Waals surface area (Å²) < 4.78 is 5.11. The molecule has 7 rings (SSSR count). The van der Waals surface area contributed by atoms with E-state index in [0.717, 1.165) is 56.6 Å². The van der Waals surface area contributed by atoms with Crippen molar-refractivity contribution >= 4 is 29.8 Å². The molecule has 2 aliphatic carbocycles. The summed E-state index contributed by atoms with van der Waals surface area (Å²) in [6.45, 7) is 9.47. The Kier molecular flexibility index (Phi) is 5.80. The van der Waals surface area contributed by atoms with Gasteiger partial charge in [0.25, 0.3) is 0 Å². The smallest absolute Gasteiger partial charge is 0.239 e. The lowest BCUT2D eigenvalue weighted by atomic mass is 9.75. The van der Waals surface area contributed by atoms with Gasteiger partial charge in [-0.2, -0.15) is 4.98 Å². The first-order valence-corrected chi connectivity index (χ1v) is 15.0. The van der Waals surface area contributed by atoms with Gasteiger partial charge in [-0.15, -0.1) is 0 Å². The second-order valence-corrected chi connectivity index (χ2v) is 13.9. The minimum absolute atomic E-state index is 0.292. The van der Waals surface area contributed by atoms with Crippen LogP contribution in [0.1, 0.15) is 70.3 Å². The first-order valence-electron chi connectivity index (χ1n) is 14.3. The molecule has 1 N–H and O–H groups in total. The van der Waals surface area contributed by atoms with Crippen molar-refractivity contribution in [3.63, 3.8) is 0 Å². The summed E-state index contributed by atoms with van der Waals surface area (Å²) >= 11 is 1.97. The second-order valence-electron chi connectivity index (χ2n) is 12.7. The number of aromatic nitrogens is 2. The second kappa shape index (κ2) is 8.82. The van der Waals surface area contributed by atoms with Crippen molar-refractivity contribution in [1.82, 2.24) is 23.5 Å². The van der Waals surface area contributed by atoms with Gasteiger partial charge in [0.05, 0.1) is 5.41 Å². The molecule has 36 heavy (non-hydrogen) atoms. The molecular formula is C27H41N7OS. The van der Waals surface area contributed by atoms with Crippen molar-refractivity contribution in [2.45, 2.75) is 82.2 Å². The van der Waals surface area contributed by atoms with Gasteiger partial charge in [-0.05, 0) is 70.9 Å². The normalized spacial score (nSPS) is 32.3. The first-order chi connectivity index (χ1) is 17.4. The molecule has 0 aromatic carbocycles. The van der Waals surface area contributed by atoms with E-state index in [1.807, 2.05) is 18.3 Å². The zero-order valence-electron chi connectivity index (χ0n) is 21.9. The molecule has 4 aliphatic heterocycles. The van der Waals surface area contributed by atoms with Gasteiger partial charge >= 0.3 is 0 Å². The van der Waals surface area contributed by atoms with Crippen LogP contribution in [0.15, 0.2) is 6.20 Å². The zero-order valence-corrected chi connectivity index (χ0v) is 22.7. The largest absolute Gasteiger partial charge is 0.351 e. The Morgan fingerprint density at radius 3 is 2.50 bits per heavy atom. The summed E-state index contributed by atoms with van der Waals surface area (Å²) in [6.07, 6.45) is 12.3. The Morgan fingerprint density at radius 2 is 1.81 bits per heavy atom. The van der Waals surface area contributed by atoms with Crippen molar-refractivity contribution in [2.75, 3.05) is 56.5 Å². The van der Waals surface area contributed by atoms with Gasteiger partial charge in [0.15, 0.2) is 0 Å². The molecule has 0 bridgehead atoms. The Morgan fingerprint density at radius 1 is 1.00 bits per heavy atom. The average molecular weight is 512 g/mol. The standard InChI is InChI=1S/C27H41N7OS/c1-19-5-3-6-22(19)34-23-21(27(10-11-27)24(34)35)15-28-25(30-23)29-20-7-13-32(14-8-20)36-33-17-26(18-33)9-4-12-31(2)16-26/h15,19-20,22H,3-14,16-18H2,1-2H3,(H,28,29,30). The highest BCUT2D eigenvalue weighted by Gasteiger charge is 2.62. The van der Waals surface area contributed by atoms with Crippen LogP contribution in [0, 0.1) is 11.3 Å². The van der Waals surface area contributed by atoms with Gasteiger partial charge in [-0.3, -0.25) is 9.69 Å². The Balaban J connectivity index is 0.957. The number of fused-ring (bicyclic) bond motifs is 2. The lowest BCUT2D eigenvalue weighted by Gasteiger charge is -2.54. The molecule has 1 aromatic rings. The summed E-state index contributed by atoms with van der Waals surface area (Å²) in [4.78, 5) is 27.8. The minimum Gasteiger partial charge on any atom is -0.351 e. The van der Waals surface area contributed by atoms with E-state index in [1.54, 1.807) is 0 Å². The van der Waals surface area contributed by atoms with E-state index in [0.29, 0.717) is 35.3 Å². The molecular weight excluding hydrogens is 470 g/mol. The molecule has 2 saturated carbocycles. The van der Waals surface area contributed by atoms with Crippen LogP contribution in [-0.4, -0.2) is 87.8 Å². The molecule has 5 heterocycles. The molecule has 8 nitrogen and oxygen atoms in total. The number of nitrogens with one attached hydrogen (secondary N) is 1. The molecule has 9 heteroatoms. The lowest BCUT2D eigenvalue weighted by molar-refractivity contribution is -0.120. The van der Waals surface area contributed by atoms with Crippen molar-refractivity contribution < 1.29 is 4.79 Å². The number of carbonyl (C=O) groups excluding carboxylic acids is 1. The molecule has 1 amide bonds. The maximum absolute atomic E-state index is 13.5. The number of hydrogen-bond acceptors (Lipinski definition) is 8. The summed E-state index contributed by atoms with van der Waals surface area (Å²) in [6, 6.07) is 0.689. The maximum atomic E-state index is 13.5. The number of likely N-dealkylation sites (tertiary alicyclic amines) is 1. The van der Waals surface area contributed by atoms with Crippen molar-refractivity contribution in [3.05, 3.63) is 11.8 Å². The van der Waals surface area contributed by atoms with Crippen LogP contribution in [0.3, 0.4) is 0 Å². The molecule has 0 radical (unpaired) electrons. The quantitative estimate of drug-likeness (QED) is 0.603. The third kappa shape index (κ3) is 3.96. The predicted molar refractivity (Wildman–Crippen MR) is 144 cm³/mol. The summed E-state index contributed by atoms with van der Waals surface area (Å²) in [7, 11) is 2.27. The van der Waals surface area contributed by atoms with Crippen molar-refractivity contribution in [3.8, 4) is 0 Å².